The lowest BCUT2D eigenvalue weighted by Gasteiger charge is -2.11. The first-order valence-corrected chi connectivity index (χ1v) is 9.06. The summed E-state index contributed by atoms with van der Waals surface area (Å²) in [6, 6.07) is 3.68. The van der Waals surface area contributed by atoms with E-state index in [0.29, 0.717) is 13.1 Å². The summed E-state index contributed by atoms with van der Waals surface area (Å²) < 4.78 is 22.9. The normalized spacial score (nSPS) is 12.5. The molecular formula is C14H21N3O5S. The molecular weight excluding hydrogens is 322 g/mol. The first-order chi connectivity index (χ1) is 10.7. The Morgan fingerprint density at radius 1 is 1.35 bits per heavy atom. The van der Waals surface area contributed by atoms with Gasteiger partial charge in [-0.25, -0.2) is 8.42 Å². The number of carbonyl (C=O) groups excluding carboxylic acids is 1. The molecule has 23 heavy (non-hydrogen) atoms. The van der Waals surface area contributed by atoms with E-state index in [2.05, 4.69) is 10.6 Å². The third-order valence-electron chi connectivity index (χ3n) is 3.39. The van der Waals surface area contributed by atoms with Crippen molar-refractivity contribution in [1.82, 2.24) is 5.32 Å². The first kappa shape index (κ1) is 18.9. The molecule has 0 aliphatic rings. The van der Waals surface area contributed by atoms with E-state index < -0.39 is 14.8 Å². The number of hydrogen-bond acceptors (Lipinski definition) is 6. The topological polar surface area (TPSA) is 118 Å². The smallest absolute Gasteiger partial charge is 0.293 e. The number of benzene rings is 1. The van der Waals surface area contributed by atoms with Crippen LogP contribution in [0.15, 0.2) is 23.1 Å². The highest BCUT2D eigenvalue weighted by atomic mass is 32.2. The van der Waals surface area contributed by atoms with Gasteiger partial charge in [-0.3, -0.25) is 14.9 Å². The van der Waals surface area contributed by atoms with Crippen LogP contribution in [0.2, 0.25) is 0 Å². The van der Waals surface area contributed by atoms with E-state index >= 15 is 0 Å². The molecule has 1 aromatic carbocycles. The highest BCUT2D eigenvalue weighted by Crippen LogP contribution is 2.27. The lowest BCUT2D eigenvalue weighted by atomic mass is 10.1. The number of rotatable bonds is 8. The van der Waals surface area contributed by atoms with Crippen LogP contribution in [0.5, 0.6) is 0 Å². The van der Waals surface area contributed by atoms with Gasteiger partial charge >= 0.3 is 0 Å². The maximum atomic E-state index is 11.6. The zero-order valence-electron chi connectivity index (χ0n) is 13.3. The maximum absolute atomic E-state index is 11.6. The summed E-state index contributed by atoms with van der Waals surface area (Å²) in [6.45, 7) is 4.34. The maximum Gasteiger partial charge on any atom is 0.293 e. The summed E-state index contributed by atoms with van der Waals surface area (Å²) in [4.78, 5) is 21.9. The van der Waals surface area contributed by atoms with Crippen molar-refractivity contribution < 1.29 is 18.1 Å². The quantitative estimate of drug-likeness (QED) is 0.420. The number of nitrogens with zero attached hydrogens (tertiary/aromatic N) is 1. The fourth-order valence-corrected chi connectivity index (χ4v) is 2.43. The summed E-state index contributed by atoms with van der Waals surface area (Å²) in [5.41, 5.74) is -0.110. The van der Waals surface area contributed by atoms with Crippen molar-refractivity contribution in [3.05, 3.63) is 28.3 Å². The largest absolute Gasteiger partial charge is 0.378 e. The van der Waals surface area contributed by atoms with Crippen molar-refractivity contribution in [2.75, 3.05) is 24.7 Å². The molecule has 9 heteroatoms. The minimum absolute atomic E-state index is 0.0729. The SMILES string of the molecule is CCC(C)C(=O)NCCNc1ccc(S(C)(=O)=O)cc1[N+](=O)[O-]. The predicted molar refractivity (Wildman–Crippen MR) is 87.2 cm³/mol. The number of hydrogen-bond donors (Lipinski definition) is 2. The van der Waals surface area contributed by atoms with Gasteiger partial charge in [-0.2, -0.15) is 0 Å². The van der Waals surface area contributed by atoms with Crippen molar-refractivity contribution in [3.63, 3.8) is 0 Å². The molecule has 128 valence electrons. The minimum Gasteiger partial charge on any atom is -0.378 e. The van der Waals surface area contributed by atoms with Crippen molar-refractivity contribution >= 4 is 27.1 Å². The zero-order valence-corrected chi connectivity index (χ0v) is 14.1. The Morgan fingerprint density at radius 3 is 2.52 bits per heavy atom. The van der Waals surface area contributed by atoms with E-state index in [9.17, 15) is 23.3 Å². The highest BCUT2D eigenvalue weighted by Gasteiger charge is 2.18. The van der Waals surface area contributed by atoms with Crippen molar-refractivity contribution in [1.29, 1.82) is 0 Å². The number of anilines is 1. The molecule has 0 saturated heterocycles. The van der Waals surface area contributed by atoms with Crippen molar-refractivity contribution in [2.24, 2.45) is 5.92 Å². The van der Waals surface area contributed by atoms with E-state index in [-0.39, 0.29) is 28.1 Å². The highest BCUT2D eigenvalue weighted by molar-refractivity contribution is 7.90. The fraction of sp³-hybridized carbons (Fsp3) is 0.500. The number of sulfone groups is 1. The Labute approximate surface area is 135 Å². The molecule has 1 rings (SSSR count). The Hall–Kier alpha value is -2.16. The van der Waals surface area contributed by atoms with Crippen LogP contribution in [0, 0.1) is 16.0 Å². The summed E-state index contributed by atoms with van der Waals surface area (Å²) in [6.07, 6.45) is 1.72. The summed E-state index contributed by atoms with van der Waals surface area (Å²) in [5, 5.41) is 16.6. The van der Waals surface area contributed by atoms with Crippen LogP contribution in [-0.4, -0.2) is 38.6 Å². The van der Waals surface area contributed by atoms with Gasteiger partial charge in [0.15, 0.2) is 9.84 Å². The zero-order chi connectivity index (χ0) is 17.6. The Bertz CT molecular complexity index is 688. The second kappa shape index (κ2) is 7.91. The van der Waals surface area contributed by atoms with E-state index in [1.165, 1.54) is 12.1 Å². The van der Waals surface area contributed by atoms with Crippen LogP contribution < -0.4 is 10.6 Å². The van der Waals surface area contributed by atoms with Gasteiger partial charge in [0.25, 0.3) is 5.69 Å². The van der Waals surface area contributed by atoms with Crippen LogP contribution >= 0.6 is 0 Å². The molecule has 0 aliphatic carbocycles. The van der Waals surface area contributed by atoms with Crippen LogP contribution in [0.4, 0.5) is 11.4 Å². The molecule has 0 fully saturated rings. The standard InChI is InChI=1S/C14H21N3O5S/c1-4-10(2)14(18)16-8-7-15-12-6-5-11(23(3,21)22)9-13(12)17(19)20/h5-6,9-10,15H,4,7-8H2,1-3H3,(H,16,18). The van der Waals surface area contributed by atoms with Gasteiger partial charge in [-0.15, -0.1) is 0 Å². The van der Waals surface area contributed by atoms with Gasteiger partial charge in [0.2, 0.25) is 5.91 Å². The third-order valence-corrected chi connectivity index (χ3v) is 4.50. The van der Waals surface area contributed by atoms with E-state index in [4.69, 9.17) is 0 Å². The van der Waals surface area contributed by atoms with Crippen LogP contribution in [0.3, 0.4) is 0 Å². The van der Waals surface area contributed by atoms with Gasteiger partial charge in [0, 0.05) is 31.3 Å². The molecule has 1 aromatic rings. The molecule has 1 unspecified atom stereocenters. The number of nitrogens with one attached hydrogen (secondary N) is 2. The average Bonchev–Trinajstić information content (AvgIpc) is 2.49. The lowest BCUT2D eigenvalue weighted by molar-refractivity contribution is -0.384. The van der Waals surface area contributed by atoms with Gasteiger partial charge in [-0.05, 0) is 18.6 Å². The van der Waals surface area contributed by atoms with E-state index in [0.717, 1.165) is 18.7 Å². The molecule has 0 radical (unpaired) electrons. The van der Waals surface area contributed by atoms with E-state index in [1.54, 1.807) is 0 Å². The molecule has 0 aliphatic heterocycles. The third kappa shape index (κ3) is 5.51. The van der Waals surface area contributed by atoms with Gasteiger partial charge in [0.1, 0.15) is 5.69 Å². The van der Waals surface area contributed by atoms with Gasteiger partial charge in [0.05, 0.1) is 9.82 Å². The average molecular weight is 343 g/mol. The van der Waals surface area contributed by atoms with E-state index in [1.807, 2.05) is 13.8 Å². The molecule has 0 bridgehead atoms. The molecule has 8 nitrogen and oxygen atoms in total. The van der Waals surface area contributed by atoms with Crippen molar-refractivity contribution in [3.8, 4) is 0 Å². The first-order valence-electron chi connectivity index (χ1n) is 7.17. The molecule has 1 amide bonds. The lowest BCUT2D eigenvalue weighted by Crippen LogP contribution is -2.32. The monoisotopic (exact) mass is 343 g/mol. The van der Waals surface area contributed by atoms with Crippen LogP contribution in [0.1, 0.15) is 20.3 Å². The Morgan fingerprint density at radius 2 is 2.00 bits per heavy atom. The fourth-order valence-electron chi connectivity index (χ4n) is 1.79. The molecule has 0 aromatic heterocycles. The van der Waals surface area contributed by atoms with Crippen LogP contribution in [-0.2, 0) is 14.6 Å². The summed E-state index contributed by atoms with van der Waals surface area (Å²) >= 11 is 0. The molecule has 1 atom stereocenters. The summed E-state index contributed by atoms with van der Waals surface area (Å²) in [5.74, 6) is -0.158. The second-order valence-corrected chi connectivity index (χ2v) is 7.25. The number of nitro groups is 1. The Kier molecular flexibility index (Phi) is 6.49. The number of carbonyl (C=O) groups is 1. The second-order valence-electron chi connectivity index (χ2n) is 5.24. The molecule has 0 heterocycles. The minimum atomic E-state index is -3.51. The number of amides is 1. The van der Waals surface area contributed by atoms with Crippen molar-refractivity contribution in [2.45, 2.75) is 25.2 Å². The Balaban J connectivity index is 2.74. The van der Waals surface area contributed by atoms with Crippen LogP contribution in [0.25, 0.3) is 0 Å². The molecule has 0 spiro atoms. The van der Waals surface area contributed by atoms with Gasteiger partial charge < -0.3 is 10.6 Å². The number of nitro benzene ring substituents is 1. The molecule has 2 N–H and O–H groups in total. The molecule has 0 saturated carbocycles. The summed E-state index contributed by atoms with van der Waals surface area (Å²) in [7, 11) is -3.51. The predicted octanol–water partition coefficient (Wildman–Crippen LogP) is 1.57. The van der Waals surface area contributed by atoms with Gasteiger partial charge in [-0.1, -0.05) is 13.8 Å².